The minimum absolute atomic E-state index is 0. The number of carboxylic acid groups (broad SMARTS) is 1. The number of aromatic hydroxyl groups is 1. The number of benzene rings is 1. The summed E-state index contributed by atoms with van der Waals surface area (Å²) in [7, 11) is 0. The van der Waals surface area contributed by atoms with Crippen molar-refractivity contribution in [2.45, 2.75) is 45.4 Å². The van der Waals surface area contributed by atoms with E-state index in [1.54, 1.807) is 0 Å². The van der Waals surface area contributed by atoms with Crippen LogP contribution in [0.4, 0.5) is 10.5 Å². The molecule has 0 bridgehead atoms. The fourth-order valence-corrected chi connectivity index (χ4v) is 1.99. The smallest absolute Gasteiger partial charge is 0.411 e. The van der Waals surface area contributed by atoms with Crippen LogP contribution in [0, 0.1) is 0 Å². The predicted octanol–water partition coefficient (Wildman–Crippen LogP) is 4.00. The summed E-state index contributed by atoms with van der Waals surface area (Å²) >= 11 is 0. The summed E-state index contributed by atoms with van der Waals surface area (Å²) in [5.41, 5.74) is 0.0708. The van der Waals surface area contributed by atoms with Crippen molar-refractivity contribution < 1.29 is 41.6 Å². The van der Waals surface area contributed by atoms with Crippen molar-refractivity contribution in [3.05, 3.63) is 23.8 Å². The molecule has 129 valence electrons. The van der Waals surface area contributed by atoms with Crippen LogP contribution in [-0.4, -0.2) is 28.9 Å². The summed E-state index contributed by atoms with van der Waals surface area (Å²) in [5.74, 6) is -1.63. The Hall–Kier alpha value is -1.72. The van der Waals surface area contributed by atoms with Gasteiger partial charge in [0.1, 0.15) is 11.3 Å². The van der Waals surface area contributed by atoms with Crippen LogP contribution >= 0.6 is 0 Å². The molecule has 0 aliphatic heterocycles. The summed E-state index contributed by atoms with van der Waals surface area (Å²) < 4.78 is 5.02. The minimum Gasteiger partial charge on any atom is -0.507 e. The molecule has 1 rings (SSSR count). The van der Waals surface area contributed by atoms with Crippen LogP contribution in [0.15, 0.2) is 18.2 Å². The Balaban J connectivity index is 0.00000484. The van der Waals surface area contributed by atoms with Gasteiger partial charge in [-0.25, -0.2) is 9.59 Å². The van der Waals surface area contributed by atoms with E-state index in [9.17, 15) is 14.7 Å². The average molecular weight is 364 g/mol. The van der Waals surface area contributed by atoms with Crippen molar-refractivity contribution in [2.24, 2.45) is 0 Å². The number of carbonyl (C=O) groups is 2. The van der Waals surface area contributed by atoms with E-state index in [2.05, 4.69) is 12.2 Å². The molecule has 0 saturated heterocycles. The van der Waals surface area contributed by atoms with Crippen LogP contribution in [0.2, 0.25) is 0 Å². The Bertz CT molecular complexity index is 507. The van der Waals surface area contributed by atoms with E-state index in [0.717, 1.165) is 19.3 Å². The SMILES string of the molecule is CCCCCCCCOC(=O)Nc1ccc(C(=O)O)c(O)c1.[Mn]. The van der Waals surface area contributed by atoms with Crippen molar-refractivity contribution in [1.82, 2.24) is 0 Å². The number of carbonyl (C=O) groups excluding carboxylic acids is 1. The minimum atomic E-state index is -1.23. The first kappa shape index (κ1) is 21.3. The second-order valence-corrected chi connectivity index (χ2v) is 5.07. The van der Waals surface area contributed by atoms with Crippen molar-refractivity contribution in [3.63, 3.8) is 0 Å². The summed E-state index contributed by atoms with van der Waals surface area (Å²) in [6.45, 7) is 2.51. The van der Waals surface area contributed by atoms with Crippen molar-refractivity contribution in [1.29, 1.82) is 0 Å². The van der Waals surface area contributed by atoms with Gasteiger partial charge in [0.2, 0.25) is 0 Å². The molecule has 7 heteroatoms. The van der Waals surface area contributed by atoms with Gasteiger partial charge in [-0.3, -0.25) is 5.32 Å². The third-order valence-electron chi connectivity index (χ3n) is 3.21. The molecule has 3 N–H and O–H groups in total. The third kappa shape index (κ3) is 8.47. The summed E-state index contributed by atoms with van der Waals surface area (Å²) in [5, 5.41) is 20.8. The van der Waals surface area contributed by atoms with Crippen LogP contribution in [0.1, 0.15) is 55.8 Å². The number of aromatic carboxylic acids is 1. The van der Waals surface area contributed by atoms with E-state index < -0.39 is 17.8 Å². The molecule has 1 aromatic rings. The maximum Gasteiger partial charge on any atom is 0.411 e. The first-order valence-electron chi connectivity index (χ1n) is 7.54. The van der Waals surface area contributed by atoms with Crippen LogP contribution in [0.25, 0.3) is 0 Å². The largest absolute Gasteiger partial charge is 0.507 e. The van der Waals surface area contributed by atoms with Crippen molar-refractivity contribution in [3.8, 4) is 5.75 Å². The van der Waals surface area contributed by atoms with Gasteiger partial charge in [-0.05, 0) is 18.6 Å². The number of ether oxygens (including phenoxy) is 1. The molecule has 0 atom stereocenters. The Morgan fingerprint density at radius 2 is 1.78 bits per heavy atom. The zero-order valence-electron chi connectivity index (χ0n) is 13.2. The van der Waals surface area contributed by atoms with Gasteiger partial charge < -0.3 is 14.9 Å². The Morgan fingerprint density at radius 1 is 1.13 bits per heavy atom. The Morgan fingerprint density at radius 3 is 2.39 bits per heavy atom. The van der Waals surface area contributed by atoms with Crippen molar-refractivity contribution >= 4 is 17.7 Å². The van der Waals surface area contributed by atoms with E-state index in [1.807, 2.05) is 0 Å². The maximum absolute atomic E-state index is 11.5. The zero-order valence-corrected chi connectivity index (χ0v) is 14.4. The van der Waals surface area contributed by atoms with Gasteiger partial charge in [0.05, 0.1) is 6.61 Å². The number of carboxylic acids is 1. The Labute approximate surface area is 146 Å². The zero-order chi connectivity index (χ0) is 16.4. The van der Waals surface area contributed by atoms with Gasteiger partial charge in [0.25, 0.3) is 0 Å². The molecule has 23 heavy (non-hydrogen) atoms. The standard InChI is InChI=1S/C16H23NO5.Mn/c1-2-3-4-5-6-7-10-22-16(21)17-12-8-9-13(15(19)20)14(18)11-12;/h8-9,11,18H,2-7,10H2,1H3,(H,17,21)(H,19,20);. The summed E-state index contributed by atoms with van der Waals surface area (Å²) in [6, 6.07) is 3.80. The van der Waals surface area contributed by atoms with Gasteiger partial charge in [0.15, 0.2) is 0 Å². The second-order valence-electron chi connectivity index (χ2n) is 5.07. The first-order chi connectivity index (χ1) is 10.5. The predicted molar refractivity (Wildman–Crippen MR) is 83.4 cm³/mol. The number of unbranched alkanes of at least 4 members (excludes halogenated alkanes) is 5. The van der Waals surface area contributed by atoms with Crippen LogP contribution < -0.4 is 5.32 Å². The molecule has 0 saturated carbocycles. The molecule has 0 heterocycles. The van der Waals surface area contributed by atoms with Crippen LogP contribution in [0.3, 0.4) is 0 Å². The fourth-order valence-electron chi connectivity index (χ4n) is 1.99. The molecule has 0 unspecified atom stereocenters. The average Bonchev–Trinajstić information content (AvgIpc) is 2.46. The number of rotatable bonds is 9. The molecule has 0 spiro atoms. The van der Waals surface area contributed by atoms with Gasteiger partial charge in [0, 0.05) is 28.8 Å². The van der Waals surface area contributed by atoms with E-state index in [0.29, 0.717) is 6.61 Å². The van der Waals surface area contributed by atoms with Crippen LogP contribution in [-0.2, 0) is 21.8 Å². The Kier molecular flexibility index (Phi) is 10.9. The molecule has 0 fully saturated rings. The third-order valence-corrected chi connectivity index (χ3v) is 3.21. The maximum atomic E-state index is 11.5. The molecular formula is C16H23MnNO5. The molecule has 0 aromatic heterocycles. The van der Waals surface area contributed by atoms with Gasteiger partial charge in [-0.2, -0.15) is 0 Å². The quantitative estimate of drug-likeness (QED) is 0.455. The van der Waals surface area contributed by atoms with Gasteiger partial charge >= 0.3 is 12.1 Å². The molecule has 1 radical (unpaired) electrons. The number of amides is 1. The monoisotopic (exact) mass is 364 g/mol. The first-order valence-corrected chi connectivity index (χ1v) is 7.54. The molecule has 0 aliphatic carbocycles. The fraction of sp³-hybridized carbons (Fsp3) is 0.500. The van der Waals surface area contributed by atoms with Gasteiger partial charge in [-0.1, -0.05) is 39.0 Å². The number of hydrogen-bond donors (Lipinski definition) is 3. The van der Waals surface area contributed by atoms with E-state index in [1.165, 1.54) is 37.5 Å². The number of phenols is 1. The molecule has 6 nitrogen and oxygen atoms in total. The molecular weight excluding hydrogens is 341 g/mol. The van der Waals surface area contributed by atoms with Crippen molar-refractivity contribution in [2.75, 3.05) is 11.9 Å². The molecule has 0 aliphatic rings. The normalized spacial score (nSPS) is 9.78. The van der Waals surface area contributed by atoms with E-state index in [-0.39, 0.29) is 28.3 Å². The number of nitrogens with one attached hydrogen (secondary N) is 1. The van der Waals surface area contributed by atoms with E-state index >= 15 is 0 Å². The molecule has 1 aromatic carbocycles. The topological polar surface area (TPSA) is 95.9 Å². The summed E-state index contributed by atoms with van der Waals surface area (Å²) in [4.78, 5) is 22.3. The number of hydrogen-bond acceptors (Lipinski definition) is 4. The second kappa shape index (κ2) is 11.8. The molecule has 1 amide bonds. The van der Waals surface area contributed by atoms with Gasteiger partial charge in [-0.15, -0.1) is 0 Å². The number of anilines is 1. The van der Waals surface area contributed by atoms with E-state index in [4.69, 9.17) is 9.84 Å². The van der Waals surface area contributed by atoms with Crippen LogP contribution in [0.5, 0.6) is 5.75 Å². The summed E-state index contributed by atoms with van der Waals surface area (Å²) in [6.07, 6.45) is 6.02.